The summed E-state index contributed by atoms with van der Waals surface area (Å²) in [6, 6.07) is 0.780. The van der Waals surface area contributed by atoms with Gasteiger partial charge in [-0.25, -0.2) is 19.6 Å². The molecular formula is C12H18F2N4. The van der Waals surface area contributed by atoms with Crippen molar-refractivity contribution in [1.29, 1.82) is 0 Å². The van der Waals surface area contributed by atoms with Gasteiger partial charge in [0.1, 0.15) is 0 Å². The maximum atomic E-state index is 13.5. The summed E-state index contributed by atoms with van der Waals surface area (Å²) in [4.78, 5) is 3.78. The smallest absolute Gasteiger partial charge is 0.178 e. The highest BCUT2D eigenvalue weighted by molar-refractivity contribution is 5.46. The van der Waals surface area contributed by atoms with Crippen molar-refractivity contribution in [3.05, 3.63) is 17.7 Å². The Morgan fingerprint density at radius 1 is 1.33 bits per heavy atom. The lowest BCUT2D eigenvalue weighted by Crippen LogP contribution is -2.19. The van der Waals surface area contributed by atoms with Crippen LogP contribution >= 0.6 is 0 Å². The molecule has 1 aliphatic carbocycles. The van der Waals surface area contributed by atoms with Crippen molar-refractivity contribution >= 4 is 11.6 Å². The molecule has 6 heteroatoms. The fraction of sp³-hybridized carbons (Fsp3) is 0.583. The number of aromatic nitrogens is 1. The number of pyridine rings is 1. The van der Waals surface area contributed by atoms with E-state index in [2.05, 4.69) is 22.7 Å². The molecule has 0 amide bonds. The molecule has 0 aromatic carbocycles. The standard InChI is InChI=1S/C12H18F2N4/c1-7-3-2-4-8(7)6-16-11-9(13)5-10(14)12(17-11)18-15/h5,7-8H,2-4,6,15H2,1H3,(H2,16,17,18). The number of nitrogens with one attached hydrogen (secondary N) is 2. The van der Waals surface area contributed by atoms with Gasteiger partial charge in [-0.3, -0.25) is 0 Å². The van der Waals surface area contributed by atoms with E-state index in [9.17, 15) is 8.78 Å². The third kappa shape index (κ3) is 2.69. The van der Waals surface area contributed by atoms with Crippen LogP contribution in [0.2, 0.25) is 0 Å². The lowest BCUT2D eigenvalue weighted by Gasteiger charge is -2.17. The van der Waals surface area contributed by atoms with Crippen molar-refractivity contribution in [3.8, 4) is 0 Å². The van der Waals surface area contributed by atoms with Crippen molar-refractivity contribution in [2.24, 2.45) is 17.7 Å². The number of nitrogens with two attached hydrogens (primary N) is 1. The van der Waals surface area contributed by atoms with Crippen molar-refractivity contribution in [2.45, 2.75) is 26.2 Å². The number of hydrazine groups is 1. The number of halogens is 2. The molecule has 4 nitrogen and oxygen atoms in total. The summed E-state index contributed by atoms with van der Waals surface area (Å²) in [5.41, 5.74) is 2.11. The van der Waals surface area contributed by atoms with Gasteiger partial charge in [0.2, 0.25) is 0 Å². The van der Waals surface area contributed by atoms with Gasteiger partial charge in [-0.05, 0) is 18.3 Å². The molecule has 2 unspecified atom stereocenters. The molecule has 100 valence electrons. The molecule has 1 aromatic heterocycles. The summed E-state index contributed by atoms with van der Waals surface area (Å²) in [6.45, 7) is 2.85. The van der Waals surface area contributed by atoms with Gasteiger partial charge >= 0.3 is 0 Å². The fourth-order valence-electron chi connectivity index (χ4n) is 2.45. The molecule has 1 saturated carbocycles. The Morgan fingerprint density at radius 2 is 2.06 bits per heavy atom. The third-order valence-corrected chi connectivity index (χ3v) is 3.64. The summed E-state index contributed by atoms with van der Waals surface area (Å²) in [5.74, 6) is 4.66. The highest BCUT2D eigenvalue weighted by atomic mass is 19.1. The predicted octanol–water partition coefficient (Wildman–Crippen LogP) is 2.49. The summed E-state index contributed by atoms with van der Waals surface area (Å²) >= 11 is 0. The Labute approximate surface area is 105 Å². The zero-order valence-electron chi connectivity index (χ0n) is 10.3. The Hall–Kier alpha value is -1.43. The van der Waals surface area contributed by atoms with Gasteiger partial charge in [-0.15, -0.1) is 0 Å². The van der Waals surface area contributed by atoms with E-state index in [1.54, 1.807) is 0 Å². The Morgan fingerprint density at radius 3 is 2.67 bits per heavy atom. The van der Waals surface area contributed by atoms with Crippen LogP contribution in [0.1, 0.15) is 26.2 Å². The topological polar surface area (TPSA) is 63.0 Å². The normalized spacial score (nSPS) is 23.1. The van der Waals surface area contributed by atoms with E-state index in [4.69, 9.17) is 5.84 Å². The average molecular weight is 256 g/mol. The lowest BCUT2D eigenvalue weighted by atomic mass is 9.98. The summed E-state index contributed by atoms with van der Waals surface area (Å²) < 4.78 is 26.7. The van der Waals surface area contributed by atoms with Gasteiger partial charge in [-0.1, -0.05) is 19.8 Å². The van der Waals surface area contributed by atoms with Crippen molar-refractivity contribution in [1.82, 2.24) is 4.98 Å². The zero-order chi connectivity index (χ0) is 13.1. The Kier molecular flexibility index (Phi) is 3.96. The van der Waals surface area contributed by atoms with Crippen LogP contribution in [0.4, 0.5) is 20.4 Å². The molecule has 0 saturated heterocycles. The minimum Gasteiger partial charge on any atom is -0.367 e. The highest BCUT2D eigenvalue weighted by Crippen LogP contribution is 2.31. The van der Waals surface area contributed by atoms with Crippen LogP contribution in [0, 0.1) is 23.5 Å². The first-order valence-corrected chi connectivity index (χ1v) is 6.18. The molecule has 0 aliphatic heterocycles. The summed E-state index contributed by atoms with van der Waals surface area (Å²) in [7, 11) is 0. The first kappa shape index (κ1) is 13.0. The number of hydrogen-bond acceptors (Lipinski definition) is 4. The first-order chi connectivity index (χ1) is 8.61. The van der Waals surface area contributed by atoms with E-state index in [-0.39, 0.29) is 11.6 Å². The Balaban J connectivity index is 2.04. The van der Waals surface area contributed by atoms with E-state index in [0.717, 1.165) is 12.5 Å². The van der Waals surface area contributed by atoms with Crippen LogP contribution in [0.15, 0.2) is 6.07 Å². The lowest BCUT2D eigenvalue weighted by molar-refractivity contribution is 0.438. The van der Waals surface area contributed by atoms with Crippen LogP contribution in [0.25, 0.3) is 0 Å². The van der Waals surface area contributed by atoms with Gasteiger partial charge in [0, 0.05) is 12.6 Å². The molecule has 18 heavy (non-hydrogen) atoms. The van der Waals surface area contributed by atoms with Gasteiger partial charge in [-0.2, -0.15) is 0 Å². The SMILES string of the molecule is CC1CCCC1CNc1nc(NN)c(F)cc1F. The number of hydrogen-bond donors (Lipinski definition) is 3. The monoisotopic (exact) mass is 256 g/mol. The van der Waals surface area contributed by atoms with Crippen molar-refractivity contribution in [2.75, 3.05) is 17.3 Å². The highest BCUT2D eigenvalue weighted by Gasteiger charge is 2.23. The molecule has 2 atom stereocenters. The second kappa shape index (κ2) is 5.48. The maximum Gasteiger partial charge on any atom is 0.178 e. The molecule has 4 N–H and O–H groups in total. The summed E-state index contributed by atoms with van der Waals surface area (Å²) in [6.07, 6.45) is 3.56. The number of anilines is 2. The van der Waals surface area contributed by atoms with Crippen molar-refractivity contribution < 1.29 is 8.78 Å². The first-order valence-electron chi connectivity index (χ1n) is 6.18. The minimum atomic E-state index is -0.796. The van der Waals surface area contributed by atoms with E-state index in [1.807, 2.05) is 0 Å². The third-order valence-electron chi connectivity index (χ3n) is 3.64. The molecule has 2 rings (SSSR count). The molecule has 1 aromatic rings. The Bertz CT molecular complexity index is 425. The second-order valence-corrected chi connectivity index (χ2v) is 4.84. The number of nitrogens with zero attached hydrogens (tertiary/aromatic N) is 1. The quantitative estimate of drug-likeness (QED) is 0.572. The van der Waals surface area contributed by atoms with Crippen LogP contribution in [0.3, 0.4) is 0 Å². The van der Waals surface area contributed by atoms with E-state index < -0.39 is 11.6 Å². The summed E-state index contributed by atoms with van der Waals surface area (Å²) in [5, 5.41) is 2.94. The average Bonchev–Trinajstić information content (AvgIpc) is 2.74. The molecule has 1 aliphatic rings. The maximum absolute atomic E-state index is 13.5. The van der Waals surface area contributed by atoms with Crippen LogP contribution in [-0.2, 0) is 0 Å². The van der Waals surface area contributed by atoms with E-state index >= 15 is 0 Å². The van der Waals surface area contributed by atoms with Crippen LogP contribution in [0.5, 0.6) is 0 Å². The van der Waals surface area contributed by atoms with Crippen LogP contribution in [-0.4, -0.2) is 11.5 Å². The minimum absolute atomic E-state index is 0.0449. The second-order valence-electron chi connectivity index (χ2n) is 4.84. The van der Waals surface area contributed by atoms with Gasteiger partial charge in [0.15, 0.2) is 23.3 Å². The molecule has 0 bridgehead atoms. The van der Waals surface area contributed by atoms with Crippen LogP contribution < -0.4 is 16.6 Å². The molecule has 1 heterocycles. The van der Waals surface area contributed by atoms with Gasteiger partial charge < -0.3 is 10.7 Å². The predicted molar refractivity (Wildman–Crippen MR) is 67.0 cm³/mol. The zero-order valence-corrected chi connectivity index (χ0v) is 10.3. The largest absolute Gasteiger partial charge is 0.367 e. The van der Waals surface area contributed by atoms with Gasteiger partial charge in [0.05, 0.1) is 0 Å². The molecule has 1 fully saturated rings. The molecule has 0 radical (unpaired) electrons. The van der Waals surface area contributed by atoms with Crippen molar-refractivity contribution in [3.63, 3.8) is 0 Å². The van der Waals surface area contributed by atoms with Gasteiger partial charge in [0.25, 0.3) is 0 Å². The van der Waals surface area contributed by atoms with E-state index in [0.29, 0.717) is 18.4 Å². The molecule has 0 spiro atoms. The number of rotatable bonds is 4. The number of nitrogen functional groups attached to an aromatic ring is 1. The fourth-order valence-corrected chi connectivity index (χ4v) is 2.45. The molecular weight excluding hydrogens is 238 g/mol. The van der Waals surface area contributed by atoms with E-state index in [1.165, 1.54) is 12.8 Å².